The van der Waals surface area contributed by atoms with Crippen molar-refractivity contribution in [3.8, 4) is 0 Å². The van der Waals surface area contributed by atoms with Crippen LogP contribution in [0.4, 0.5) is 0 Å². The Hall–Kier alpha value is -1.42. The maximum Gasteiger partial charge on any atom is 0.227 e. The molecule has 2 bridgehead atoms. The van der Waals surface area contributed by atoms with Crippen molar-refractivity contribution in [1.82, 2.24) is 9.88 Å². The summed E-state index contributed by atoms with van der Waals surface area (Å²) in [5.41, 5.74) is 7.47. The molecule has 2 aliphatic rings. The predicted molar refractivity (Wildman–Crippen MR) is 77.9 cm³/mol. The molecule has 2 N–H and O–H groups in total. The topological polar surface area (TPSA) is 59.2 Å². The standard InChI is InChI=1S/C16H23N3O/c1-19(9-6-11-4-7-18-8-5-11)16(20)14-12-2-3-13(10-12)15(14)17/h4-5,7-8,12-15H,2-3,6,9-10,17H2,1H3. The predicted octanol–water partition coefficient (Wildman–Crippen LogP) is 1.46. The largest absolute Gasteiger partial charge is 0.345 e. The summed E-state index contributed by atoms with van der Waals surface area (Å²) in [5.74, 6) is 1.43. The van der Waals surface area contributed by atoms with E-state index in [-0.39, 0.29) is 17.9 Å². The number of carbonyl (C=O) groups excluding carboxylic acids is 1. The molecule has 1 aromatic heterocycles. The van der Waals surface area contributed by atoms with Crippen LogP contribution in [-0.2, 0) is 11.2 Å². The van der Waals surface area contributed by atoms with Gasteiger partial charge in [0.05, 0.1) is 5.92 Å². The van der Waals surface area contributed by atoms with Gasteiger partial charge in [0.2, 0.25) is 5.91 Å². The van der Waals surface area contributed by atoms with E-state index >= 15 is 0 Å². The van der Waals surface area contributed by atoms with Gasteiger partial charge in [-0.3, -0.25) is 9.78 Å². The second-order valence-electron chi connectivity index (χ2n) is 6.30. The Bertz CT molecular complexity index is 474. The third-order valence-electron chi connectivity index (χ3n) is 5.13. The Labute approximate surface area is 120 Å². The number of nitrogens with two attached hydrogens (primary N) is 1. The highest BCUT2D eigenvalue weighted by Gasteiger charge is 2.49. The highest BCUT2D eigenvalue weighted by atomic mass is 16.2. The van der Waals surface area contributed by atoms with Crippen LogP contribution in [0.1, 0.15) is 24.8 Å². The lowest BCUT2D eigenvalue weighted by Gasteiger charge is -2.30. The molecule has 2 fully saturated rings. The van der Waals surface area contributed by atoms with Gasteiger partial charge >= 0.3 is 0 Å². The molecule has 0 radical (unpaired) electrons. The summed E-state index contributed by atoms with van der Waals surface area (Å²) < 4.78 is 0. The van der Waals surface area contributed by atoms with Crippen molar-refractivity contribution >= 4 is 5.91 Å². The summed E-state index contributed by atoms with van der Waals surface area (Å²) in [6, 6.07) is 4.09. The van der Waals surface area contributed by atoms with Gasteiger partial charge in [0.25, 0.3) is 0 Å². The summed E-state index contributed by atoms with van der Waals surface area (Å²) in [4.78, 5) is 18.5. The van der Waals surface area contributed by atoms with Gasteiger partial charge in [-0.1, -0.05) is 0 Å². The first-order chi connectivity index (χ1) is 9.66. The summed E-state index contributed by atoms with van der Waals surface area (Å²) in [6.45, 7) is 0.753. The second-order valence-corrected chi connectivity index (χ2v) is 6.30. The molecule has 2 aliphatic carbocycles. The Kier molecular flexibility index (Phi) is 3.74. The minimum Gasteiger partial charge on any atom is -0.345 e. The molecule has 0 aromatic carbocycles. The van der Waals surface area contributed by atoms with Crippen molar-refractivity contribution in [2.45, 2.75) is 31.7 Å². The number of carbonyl (C=O) groups is 1. The van der Waals surface area contributed by atoms with Crippen LogP contribution in [0, 0.1) is 17.8 Å². The molecule has 1 aromatic rings. The molecule has 1 heterocycles. The van der Waals surface area contributed by atoms with E-state index in [1.165, 1.54) is 18.4 Å². The van der Waals surface area contributed by atoms with Crippen molar-refractivity contribution < 1.29 is 4.79 Å². The summed E-state index contributed by atoms with van der Waals surface area (Å²) in [5, 5.41) is 0. The fourth-order valence-corrected chi connectivity index (χ4v) is 3.91. The van der Waals surface area contributed by atoms with Gasteiger partial charge in [-0.05, 0) is 55.2 Å². The van der Waals surface area contributed by atoms with Crippen LogP contribution in [0.25, 0.3) is 0 Å². The Balaban J connectivity index is 1.57. The van der Waals surface area contributed by atoms with Gasteiger partial charge in [-0.15, -0.1) is 0 Å². The van der Waals surface area contributed by atoms with E-state index in [0.29, 0.717) is 11.8 Å². The smallest absolute Gasteiger partial charge is 0.227 e. The van der Waals surface area contributed by atoms with Crippen LogP contribution in [-0.4, -0.2) is 35.4 Å². The molecule has 20 heavy (non-hydrogen) atoms. The van der Waals surface area contributed by atoms with Crippen molar-refractivity contribution in [2.75, 3.05) is 13.6 Å². The number of hydrogen-bond donors (Lipinski definition) is 1. The number of rotatable bonds is 4. The molecule has 1 amide bonds. The van der Waals surface area contributed by atoms with Crippen LogP contribution in [0.2, 0.25) is 0 Å². The van der Waals surface area contributed by atoms with E-state index in [0.717, 1.165) is 19.4 Å². The minimum absolute atomic E-state index is 0.0659. The monoisotopic (exact) mass is 273 g/mol. The lowest BCUT2D eigenvalue weighted by molar-refractivity contribution is -0.136. The number of fused-ring (bicyclic) bond motifs is 2. The molecule has 0 saturated heterocycles. The zero-order valence-corrected chi connectivity index (χ0v) is 12.0. The first-order valence-electron chi connectivity index (χ1n) is 7.56. The maximum absolute atomic E-state index is 12.6. The van der Waals surface area contributed by atoms with Crippen LogP contribution in [0.5, 0.6) is 0 Å². The van der Waals surface area contributed by atoms with Gasteiger partial charge in [-0.2, -0.15) is 0 Å². The molecule has 3 rings (SSSR count). The van der Waals surface area contributed by atoms with Gasteiger partial charge in [0, 0.05) is 32.0 Å². The van der Waals surface area contributed by atoms with Crippen LogP contribution >= 0.6 is 0 Å². The Morgan fingerprint density at radius 1 is 1.35 bits per heavy atom. The minimum atomic E-state index is 0.0659. The normalized spacial score (nSPS) is 31.5. The number of aromatic nitrogens is 1. The van der Waals surface area contributed by atoms with Crippen molar-refractivity contribution in [3.63, 3.8) is 0 Å². The van der Waals surface area contributed by atoms with E-state index in [4.69, 9.17) is 5.73 Å². The molecule has 4 heteroatoms. The highest BCUT2D eigenvalue weighted by molar-refractivity contribution is 5.80. The quantitative estimate of drug-likeness (QED) is 0.903. The second kappa shape index (κ2) is 5.52. The summed E-state index contributed by atoms with van der Waals surface area (Å²) >= 11 is 0. The van der Waals surface area contributed by atoms with E-state index in [1.54, 1.807) is 12.4 Å². The first-order valence-corrected chi connectivity index (χ1v) is 7.56. The molecule has 4 nitrogen and oxygen atoms in total. The van der Waals surface area contributed by atoms with E-state index in [9.17, 15) is 4.79 Å². The van der Waals surface area contributed by atoms with Crippen molar-refractivity contribution in [2.24, 2.45) is 23.5 Å². The molecule has 0 spiro atoms. The molecule has 4 atom stereocenters. The molecule has 108 valence electrons. The lowest BCUT2D eigenvalue weighted by Crippen LogP contribution is -2.46. The zero-order valence-electron chi connectivity index (χ0n) is 12.0. The van der Waals surface area contributed by atoms with E-state index < -0.39 is 0 Å². The van der Waals surface area contributed by atoms with Gasteiger partial charge in [-0.25, -0.2) is 0 Å². The molecular formula is C16H23N3O. The number of nitrogens with zero attached hydrogens (tertiary/aromatic N) is 2. The summed E-state index contributed by atoms with van der Waals surface area (Å²) in [6.07, 6.45) is 8.03. The number of hydrogen-bond acceptors (Lipinski definition) is 3. The fraction of sp³-hybridized carbons (Fsp3) is 0.625. The zero-order chi connectivity index (χ0) is 14.1. The van der Waals surface area contributed by atoms with Crippen LogP contribution in [0.3, 0.4) is 0 Å². The van der Waals surface area contributed by atoms with E-state index in [2.05, 4.69) is 4.98 Å². The average molecular weight is 273 g/mol. The average Bonchev–Trinajstić information content (AvgIpc) is 3.06. The fourth-order valence-electron chi connectivity index (χ4n) is 3.91. The SMILES string of the molecule is CN(CCc1ccncc1)C(=O)C1C2CCC(C2)C1N. The van der Waals surface area contributed by atoms with Gasteiger partial charge in [0.15, 0.2) is 0 Å². The number of pyridine rings is 1. The Morgan fingerprint density at radius 3 is 2.70 bits per heavy atom. The third-order valence-corrected chi connectivity index (χ3v) is 5.13. The highest BCUT2D eigenvalue weighted by Crippen LogP contribution is 2.48. The molecular weight excluding hydrogens is 250 g/mol. The molecule has 0 aliphatic heterocycles. The molecule has 4 unspecified atom stereocenters. The lowest BCUT2D eigenvalue weighted by atomic mass is 9.84. The van der Waals surface area contributed by atoms with Gasteiger partial charge < -0.3 is 10.6 Å². The number of amides is 1. The van der Waals surface area contributed by atoms with Crippen molar-refractivity contribution in [1.29, 1.82) is 0 Å². The number of likely N-dealkylation sites (N-methyl/N-ethyl adjacent to an activating group) is 1. The maximum atomic E-state index is 12.6. The summed E-state index contributed by atoms with van der Waals surface area (Å²) in [7, 11) is 1.90. The first kappa shape index (κ1) is 13.6. The third kappa shape index (κ3) is 2.44. The van der Waals surface area contributed by atoms with Crippen LogP contribution < -0.4 is 5.73 Å². The van der Waals surface area contributed by atoms with Crippen LogP contribution in [0.15, 0.2) is 24.5 Å². The Morgan fingerprint density at radius 2 is 2.05 bits per heavy atom. The van der Waals surface area contributed by atoms with Crippen molar-refractivity contribution in [3.05, 3.63) is 30.1 Å². The van der Waals surface area contributed by atoms with Gasteiger partial charge in [0.1, 0.15) is 0 Å². The van der Waals surface area contributed by atoms with E-state index in [1.807, 2.05) is 24.1 Å². The molecule has 2 saturated carbocycles.